The van der Waals surface area contributed by atoms with Crippen molar-refractivity contribution in [2.75, 3.05) is 0 Å². The largest absolute Gasteiger partial charge is 0.344 e. The summed E-state index contributed by atoms with van der Waals surface area (Å²) in [5, 5.41) is 8.62. The summed E-state index contributed by atoms with van der Waals surface area (Å²) in [6.07, 6.45) is 0.260. The van der Waals surface area contributed by atoms with Gasteiger partial charge in [0.1, 0.15) is 17.3 Å². The minimum absolute atomic E-state index is 0.0187. The predicted octanol–water partition coefficient (Wildman–Crippen LogP) is 2.76. The van der Waals surface area contributed by atoms with Crippen molar-refractivity contribution in [2.45, 2.75) is 12.5 Å². The summed E-state index contributed by atoms with van der Waals surface area (Å²) in [5.74, 6) is -1.37. The van der Waals surface area contributed by atoms with Gasteiger partial charge in [-0.3, -0.25) is 9.59 Å². The summed E-state index contributed by atoms with van der Waals surface area (Å²) < 4.78 is 27.1. The van der Waals surface area contributed by atoms with Gasteiger partial charge in [-0.05, 0) is 47.9 Å². The van der Waals surface area contributed by atoms with Gasteiger partial charge in [0.05, 0.1) is 6.04 Å². The second-order valence-electron chi connectivity index (χ2n) is 5.72. The minimum Gasteiger partial charge on any atom is -0.344 e. The van der Waals surface area contributed by atoms with Crippen LogP contribution in [0.4, 0.5) is 8.78 Å². The van der Waals surface area contributed by atoms with Gasteiger partial charge in [0.15, 0.2) is 0 Å². The highest BCUT2D eigenvalue weighted by atomic mass is 19.1. The molecule has 1 heterocycles. The monoisotopic (exact) mass is 355 g/mol. The van der Waals surface area contributed by atoms with Gasteiger partial charge in [-0.25, -0.2) is 13.9 Å². The van der Waals surface area contributed by atoms with E-state index in [1.54, 1.807) is 18.2 Å². The number of rotatable bonds is 5. The quantitative estimate of drug-likeness (QED) is 0.739. The molecule has 0 aliphatic heterocycles. The molecule has 0 saturated heterocycles. The first-order chi connectivity index (χ1) is 12.5. The van der Waals surface area contributed by atoms with Crippen molar-refractivity contribution in [1.82, 2.24) is 15.5 Å². The van der Waals surface area contributed by atoms with Gasteiger partial charge in [-0.15, -0.1) is 0 Å². The van der Waals surface area contributed by atoms with Crippen LogP contribution < -0.4 is 10.9 Å². The summed E-state index contributed by atoms with van der Waals surface area (Å²) >= 11 is 0. The van der Waals surface area contributed by atoms with E-state index in [0.717, 1.165) is 0 Å². The zero-order valence-corrected chi connectivity index (χ0v) is 13.6. The number of H-pyrrole nitrogens is 1. The molecule has 0 radical (unpaired) electrons. The highest BCUT2D eigenvalue weighted by molar-refractivity contribution is 5.92. The van der Waals surface area contributed by atoms with Crippen molar-refractivity contribution in [3.8, 4) is 0 Å². The fourth-order valence-corrected chi connectivity index (χ4v) is 2.58. The van der Waals surface area contributed by atoms with Crippen LogP contribution in [0.1, 0.15) is 27.7 Å². The van der Waals surface area contributed by atoms with Crippen LogP contribution in [-0.4, -0.2) is 16.1 Å². The van der Waals surface area contributed by atoms with Gasteiger partial charge < -0.3 is 5.32 Å². The Balaban J connectivity index is 1.88. The zero-order chi connectivity index (χ0) is 18.5. The normalized spacial score (nSPS) is 11.8. The molecule has 0 fully saturated rings. The van der Waals surface area contributed by atoms with Crippen LogP contribution in [0.2, 0.25) is 0 Å². The molecule has 0 saturated carbocycles. The van der Waals surface area contributed by atoms with E-state index in [0.29, 0.717) is 11.1 Å². The number of halogens is 2. The third kappa shape index (κ3) is 4.38. The van der Waals surface area contributed by atoms with Gasteiger partial charge in [0.2, 0.25) is 0 Å². The van der Waals surface area contributed by atoms with Crippen LogP contribution >= 0.6 is 0 Å². The Bertz CT molecular complexity index is 968. The lowest BCUT2D eigenvalue weighted by Gasteiger charge is -2.19. The molecule has 2 aromatic carbocycles. The Morgan fingerprint density at radius 1 is 1.04 bits per heavy atom. The molecule has 1 amide bonds. The second-order valence-corrected chi connectivity index (χ2v) is 5.72. The molecule has 1 atom stereocenters. The highest BCUT2D eigenvalue weighted by Gasteiger charge is 2.18. The lowest BCUT2D eigenvalue weighted by molar-refractivity contribution is 0.0930. The maximum absolute atomic E-state index is 13.6. The molecule has 0 aliphatic carbocycles. The van der Waals surface area contributed by atoms with Gasteiger partial charge in [-0.1, -0.05) is 24.3 Å². The van der Waals surface area contributed by atoms with Gasteiger partial charge >= 0.3 is 0 Å². The third-order valence-electron chi connectivity index (χ3n) is 3.80. The number of nitrogens with zero attached hydrogens (tertiary/aromatic N) is 1. The minimum atomic E-state index is -0.603. The first kappa shape index (κ1) is 17.5. The molecule has 3 rings (SSSR count). The number of hydrogen-bond acceptors (Lipinski definition) is 3. The Hall–Kier alpha value is -3.35. The summed E-state index contributed by atoms with van der Waals surface area (Å²) in [7, 11) is 0. The topological polar surface area (TPSA) is 74.8 Å². The van der Waals surface area contributed by atoms with Crippen molar-refractivity contribution >= 4 is 5.91 Å². The van der Waals surface area contributed by atoms with Crippen molar-refractivity contribution in [1.29, 1.82) is 0 Å². The molecule has 5 nitrogen and oxygen atoms in total. The van der Waals surface area contributed by atoms with Crippen LogP contribution in [-0.2, 0) is 6.42 Å². The van der Waals surface area contributed by atoms with Gasteiger partial charge in [0.25, 0.3) is 11.5 Å². The Labute approximate surface area is 147 Å². The summed E-state index contributed by atoms with van der Waals surface area (Å²) in [6.45, 7) is 0. The van der Waals surface area contributed by atoms with E-state index in [-0.39, 0.29) is 12.1 Å². The summed E-state index contributed by atoms with van der Waals surface area (Å²) in [4.78, 5) is 23.5. The molecule has 7 heteroatoms. The molecule has 26 heavy (non-hydrogen) atoms. The van der Waals surface area contributed by atoms with Crippen molar-refractivity contribution in [3.05, 3.63) is 99.5 Å². The van der Waals surface area contributed by atoms with Gasteiger partial charge in [-0.2, -0.15) is 5.10 Å². The van der Waals surface area contributed by atoms with Crippen LogP contribution in [0.25, 0.3) is 0 Å². The number of aromatic amines is 1. The van der Waals surface area contributed by atoms with Crippen LogP contribution in [0.15, 0.2) is 65.5 Å². The molecule has 1 unspecified atom stereocenters. The zero-order valence-electron chi connectivity index (χ0n) is 13.6. The maximum atomic E-state index is 13.6. The first-order valence-electron chi connectivity index (χ1n) is 7.88. The predicted molar refractivity (Wildman–Crippen MR) is 91.6 cm³/mol. The molecular weight excluding hydrogens is 340 g/mol. The Kier molecular flexibility index (Phi) is 5.17. The van der Waals surface area contributed by atoms with Crippen molar-refractivity contribution in [3.63, 3.8) is 0 Å². The molecule has 1 aromatic heterocycles. The molecular formula is C19H15F2N3O2. The first-order valence-corrected chi connectivity index (χ1v) is 7.88. The Morgan fingerprint density at radius 2 is 1.77 bits per heavy atom. The number of amides is 1. The van der Waals surface area contributed by atoms with Gasteiger partial charge in [0, 0.05) is 6.07 Å². The van der Waals surface area contributed by atoms with E-state index < -0.39 is 29.1 Å². The van der Waals surface area contributed by atoms with E-state index in [1.807, 2.05) is 0 Å². The average Bonchev–Trinajstić information content (AvgIpc) is 2.62. The number of carbonyl (C=O) groups excluding carboxylic acids is 1. The number of benzene rings is 2. The van der Waals surface area contributed by atoms with Crippen LogP contribution in [0.3, 0.4) is 0 Å². The molecule has 0 bridgehead atoms. The lowest BCUT2D eigenvalue weighted by Crippen LogP contribution is -2.31. The molecule has 132 valence electrons. The second kappa shape index (κ2) is 7.69. The molecule has 2 N–H and O–H groups in total. The van der Waals surface area contributed by atoms with E-state index in [1.165, 1.54) is 42.5 Å². The maximum Gasteiger partial charge on any atom is 0.272 e. The third-order valence-corrected chi connectivity index (χ3v) is 3.80. The molecule has 3 aromatic rings. The standard InChI is InChI=1S/C19H15F2N3O2/c20-14-5-1-3-12(9-14)10-17(13-4-2-6-15(21)11-13)22-19(26)16-7-8-18(25)24-23-16/h1-9,11,17H,10H2,(H,22,26)(H,24,25). The Morgan fingerprint density at radius 3 is 2.42 bits per heavy atom. The van der Waals surface area contributed by atoms with E-state index in [2.05, 4.69) is 15.5 Å². The van der Waals surface area contributed by atoms with Crippen molar-refractivity contribution in [2.24, 2.45) is 0 Å². The number of aromatic nitrogens is 2. The number of nitrogens with one attached hydrogen (secondary N) is 2. The fourth-order valence-electron chi connectivity index (χ4n) is 2.58. The molecule has 0 aliphatic rings. The number of carbonyl (C=O) groups is 1. The van der Waals surface area contributed by atoms with E-state index in [9.17, 15) is 18.4 Å². The van der Waals surface area contributed by atoms with Crippen LogP contribution in [0, 0.1) is 11.6 Å². The van der Waals surface area contributed by atoms with Crippen LogP contribution in [0.5, 0.6) is 0 Å². The number of hydrogen-bond donors (Lipinski definition) is 2. The SMILES string of the molecule is O=C(NC(Cc1cccc(F)c1)c1cccc(F)c1)c1ccc(=O)[nH]n1. The highest BCUT2D eigenvalue weighted by Crippen LogP contribution is 2.20. The molecule has 0 spiro atoms. The smallest absolute Gasteiger partial charge is 0.272 e. The summed E-state index contributed by atoms with van der Waals surface area (Å²) in [5.41, 5.74) is 0.772. The fraction of sp³-hybridized carbons (Fsp3) is 0.105. The van der Waals surface area contributed by atoms with E-state index >= 15 is 0 Å². The average molecular weight is 355 g/mol. The van der Waals surface area contributed by atoms with E-state index in [4.69, 9.17) is 0 Å². The summed E-state index contributed by atoms with van der Waals surface area (Å²) in [6, 6.07) is 13.7. The lowest BCUT2D eigenvalue weighted by atomic mass is 9.98. The van der Waals surface area contributed by atoms with Crippen molar-refractivity contribution < 1.29 is 13.6 Å².